The number of hydrogen-bond acceptors (Lipinski definition) is 4. The van der Waals surface area contributed by atoms with Crippen LogP contribution in [0.25, 0.3) is 0 Å². The van der Waals surface area contributed by atoms with Gasteiger partial charge in [-0.25, -0.2) is 4.79 Å². The summed E-state index contributed by atoms with van der Waals surface area (Å²) in [5.74, 6) is 0.789. The predicted octanol–water partition coefficient (Wildman–Crippen LogP) is 4.26. The Kier molecular flexibility index (Phi) is 11.5. The van der Waals surface area contributed by atoms with Crippen molar-refractivity contribution < 1.29 is 9.53 Å². The molecule has 0 aliphatic heterocycles. The average molecular weight is 556 g/mol. The van der Waals surface area contributed by atoms with E-state index in [2.05, 4.69) is 39.0 Å². The number of hydrogen-bond donors (Lipinski definition) is 3. The van der Waals surface area contributed by atoms with E-state index in [-0.39, 0.29) is 24.0 Å². The summed E-state index contributed by atoms with van der Waals surface area (Å²) in [6.45, 7) is 12.1. The number of aliphatic imine (C=N–C) groups is 1. The molecule has 0 radical (unpaired) electrons. The number of anilines is 1. The molecule has 0 aliphatic carbocycles. The Morgan fingerprint density at radius 3 is 2.34 bits per heavy atom. The van der Waals surface area contributed by atoms with Crippen molar-refractivity contribution >= 4 is 41.7 Å². The number of guanidine groups is 1. The Hall–Kier alpha value is -2.30. The first-order chi connectivity index (χ1) is 14.7. The second-order valence-corrected chi connectivity index (χ2v) is 8.50. The van der Waals surface area contributed by atoms with Crippen molar-refractivity contribution in [3.05, 3.63) is 47.3 Å². The van der Waals surface area contributed by atoms with E-state index in [4.69, 9.17) is 4.74 Å². The second kappa shape index (κ2) is 13.3. The Labute approximate surface area is 208 Å². The molecule has 1 aromatic heterocycles. The van der Waals surface area contributed by atoms with Crippen molar-refractivity contribution in [2.45, 2.75) is 59.6 Å². The largest absolute Gasteiger partial charge is 0.444 e. The van der Waals surface area contributed by atoms with Crippen molar-refractivity contribution in [3.8, 4) is 0 Å². The van der Waals surface area contributed by atoms with Crippen molar-refractivity contribution in [3.63, 3.8) is 0 Å². The normalized spacial score (nSPS) is 11.5. The average Bonchev–Trinajstić information content (AvgIpc) is 3.00. The lowest BCUT2D eigenvalue weighted by molar-refractivity contribution is 0.0636. The summed E-state index contributed by atoms with van der Waals surface area (Å²) in [6.07, 6.45) is 1.36. The highest BCUT2D eigenvalue weighted by Gasteiger charge is 2.16. The van der Waals surface area contributed by atoms with E-state index in [0.717, 1.165) is 44.1 Å². The molecule has 0 aliphatic rings. The van der Waals surface area contributed by atoms with Gasteiger partial charge in [-0.1, -0.05) is 12.1 Å². The number of amides is 1. The fourth-order valence-corrected chi connectivity index (χ4v) is 3.06. The molecular formula is C23H37IN6O2. The second-order valence-electron chi connectivity index (χ2n) is 8.50. The molecule has 178 valence electrons. The molecule has 2 rings (SSSR count). The maximum atomic E-state index is 11.8. The number of halogens is 1. The van der Waals surface area contributed by atoms with Crippen molar-refractivity contribution in [1.29, 1.82) is 0 Å². The van der Waals surface area contributed by atoms with Gasteiger partial charge in [-0.3, -0.25) is 15.0 Å². The summed E-state index contributed by atoms with van der Waals surface area (Å²) in [6, 6.07) is 9.85. The molecule has 9 heteroatoms. The zero-order valence-corrected chi connectivity index (χ0v) is 22.3. The first-order valence-electron chi connectivity index (χ1n) is 10.7. The van der Waals surface area contributed by atoms with Gasteiger partial charge in [0.05, 0.1) is 5.69 Å². The van der Waals surface area contributed by atoms with Crippen LogP contribution in [0.5, 0.6) is 0 Å². The first kappa shape index (κ1) is 27.7. The number of aromatic nitrogens is 2. The van der Waals surface area contributed by atoms with Crippen LogP contribution in [0.4, 0.5) is 10.5 Å². The lowest BCUT2D eigenvalue weighted by Gasteiger charge is -2.19. The third kappa shape index (κ3) is 10.3. The summed E-state index contributed by atoms with van der Waals surface area (Å²) in [5.41, 5.74) is 3.61. The van der Waals surface area contributed by atoms with Gasteiger partial charge in [-0.15, -0.1) is 24.0 Å². The number of benzene rings is 1. The molecule has 0 saturated heterocycles. The minimum Gasteiger partial charge on any atom is -0.444 e. The molecule has 2 aromatic rings. The van der Waals surface area contributed by atoms with Crippen LogP contribution in [-0.2, 0) is 17.7 Å². The van der Waals surface area contributed by atoms with Gasteiger partial charge in [0.15, 0.2) is 5.96 Å². The molecule has 8 nitrogen and oxygen atoms in total. The molecule has 0 unspecified atom stereocenters. The Morgan fingerprint density at radius 1 is 1.12 bits per heavy atom. The van der Waals surface area contributed by atoms with Crippen LogP contribution in [0.2, 0.25) is 0 Å². The summed E-state index contributed by atoms with van der Waals surface area (Å²) in [7, 11) is 1.77. The third-order valence-corrected chi connectivity index (χ3v) is 4.47. The Balaban J connectivity index is 0.00000512. The molecule has 1 amide bonds. The summed E-state index contributed by atoms with van der Waals surface area (Å²) < 4.78 is 7.30. The van der Waals surface area contributed by atoms with Gasteiger partial charge < -0.3 is 15.4 Å². The van der Waals surface area contributed by atoms with Gasteiger partial charge in [0.2, 0.25) is 0 Å². The zero-order chi connectivity index (χ0) is 22.9. The van der Waals surface area contributed by atoms with Crippen LogP contribution in [0.15, 0.2) is 35.3 Å². The standard InChI is InChI=1S/C23H36N6O2.HI/c1-17-16-18(2)29(28-17)15-7-13-25-21(24-6)26-14-12-19-8-10-20(11-9-19)27-22(30)31-23(3,4)5;/h8-11,16H,7,12-15H2,1-6H3,(H,27,30)(H2,24,25,26);1H. The quantitative estimate of drug-likeness (QED) is 0.196. The summed E-state index contributed by atoms with van der Waals surface area (Å²) in [5, 5.41) is 13.9. The van der Waals surface area contributed by atoms with E-state index in [1.165, 1.54) is 11.3 Å². The van der Waals surface area contributed by atoms with E-state index in [9.17, 15) is 4.79 Å². The number of ether oxygens (including phenoxy) is 1. The van der Waals surface area contributed by atoms with E-state index >= 15 is 0 Å². The van der Waals surface area contributed by atoms with Crippen molar-refractivity contribution in [1.82, 2.24) is 20.4 Å². The Bertz CT molecular complexity index is 872. The van der Waals surface area contributed by atoms with Gasteiger partial charge in [0, 0.05) is 38.1 Å². The fraction of sp³-hybridized carbons (Fsp3) is 0.522. The van der Waals surface area contributed by atoms with Crippen LogP contribution < -0.4 is 16.0 Å². The molecular weight excluding hydrogens is 519 g/mol. The molecule has 3 N–H and O–H groups in total. The fourth-order valence-electron chi connectivity index (χ4n) is 3.06. The van der Waals surface area contributed by atoms with Gasteiger partial charge >= 0.3 is 6.09 Å². The van der Waals surface area contributed by atoms with Gasteiger partial charge in [-0.2, -0.15) is 5.10 Å². The number of carbonyl (C=O) groups is 1. The van der Waals surface area contributed by atoms with Crippen molar-refractivity contribution in [2.24, 2.45) is 4.99 Å². The van der Waals surface area contributed by atoms with Crippen LogP contribution in [0.1, 0.15) is 44.1 Å². The maximum Gasteiger partial charge on any atom is 0.412 e. The van der Waals surface area contributed by atoms with E-state index < -0.39 is 11.7 Å². The molecule has 0 spiro atoms. The zero-order valence-electron chi connectivity index (χ0n) is 20.0. The smallest absolute Gasteiger partial charge is 0.412 e. The minimum absolute atomic E-state index is 0. The van der Waals surface area contributed by atoms with Crippen LogP contribution >= 0.6 is 24.0 Å². The van der Waals surface area contributed by atoms with Crippen LogP contribution in [-0.4, -0.2) is 47.6 Å². The first-order valence-corrected chi connectivity index (χ1v) is 10.7. The molecule has 0 saturated carbocycles. The van der Waals surface area contributed by atoms with E-state index in [1.807, 2.05) is 56.6 Å². The number of nitrogens with zero attached hydrogens (tertiary/aromatic N) is 3. The maximum absolute atomic E-state index is 11.8. The lowest BCUT2D eigenvalue weighted by atomic mass is 10.1. The van der Waals surface area contributed by atoms with Crippen LogP contribution in [0, 0.1) is 13.8 Å². The number of rotatable bonds is 8. The number of nitrogens with one attached hydrogen (secondary N) is 3. The Morgan fingerprint density at radius 2 is 1.78 bits per heavy atom. The molecule has 32 heavy (non-hydrogen) atoms. The topological polar surface area (TPSA) is 92.6 Å². The van der Waals surface area contributed by atoms with Crippen molar-refractivity contribution in [2.75, 3.05) is 25.5 Å². The summed E-state index contributed by atoms with van der Waals surface area (Å²) in [4.78, 5) is 16.1. The lowest BCUT2D eigenvalue weighted by Crippen LogP contribution is -2.39. The van der Waals surface area contributed by atoms with Gasteiger partial charge in [0.25, 0.3) is 0 Å². The predicted molar refractivity (Wildman–Crippen MR) is 141 cm³/mol. The highest BCUT2D eigenvalue weighted by Crippen LogP contribution is 2.13. The third-order valence-electron chi connectivity index (χ3n) is 4.47. The molecule has 1 aromatic carbocycles. The van der Waals surface area contributed by atoms with Gasteiger partial charge in [-0.05, 0) is 71.2 Å². The number of aryl methyl sites for hydroxylation is 3. The summed E-state index contributed by atoms with van der Waals surface area (Å²) >= 11 is 0. The number of carbonyl (C=O) groups excluding carboxylic acids is 1. The van der Waals surface area contributed by atoms with Gasteiger partial charge in [0.1, 0.15) is 5.60 Å². The molecule has 1 heterocycles. The SMILES string of the molecule is CN=C(NCCCn1nc(C)cc1C)NCCc1ccc(NC(=O)OC(C)(C)C)cc1.I. The highest BCUT2D eigenvalue weighted by molar-refractivity contribution is 14.0. The highest BCUT2D eigenvalue weighted by atomic mass is 127. The monoisotopic (exact) mass is 556 g/mol. The van der Waals surface area contributed by atoms with E-state index in [0.29, 0.717) is 5.69 Å². The molecule has 0 fully saturated rings. The molecule has 0 atom stereocenters. The van der Waals surface area contributed by atoms with E-state index in [1.54, 1.807) is 7.05 Å². The minimum atomic E-state index is -0.514. The van der Waals surface area contributed by atoms with Crippen LogP contribution in [0.3, 0.4) is 0 Å². The molecule has 0 bridgehead atoms.